The van der Waals surface area contributed by atoms with Crippen LogP contribution in [0.3, 0.4) is 0 Å². The molecule has 4 heteroatoms. The molecule has 0 spiro atoms. The Labute approximate surface area is 118 Å². The first-order valence-corrected chi connectivity index (χ1v) is 6.41. The molecular weight excluding hydrogens is 264 g/mol. The number of hydrogen-bond donors (Lipinski definition) is 0. The van der Waals surface area contributed by atoms with Crippen LogP contribution in [0.1, 0.15) is 5.01 Å². The van der Waals surface area contributed by atoms with E-state index in [1.165, 1.54) is 15.2 Å². The van der Waals surface area contributed by atoms with Crippen molar-refractivity contribution < 1.29 is 17.0 Å². The Morgan fingerprint density at radius 2 is 2.06 bits per heavy atom. The van der Waals surface area contributed by atoms with E-state index in [0.717, 1.165) is 6.54 Å². The van der Waals surface area contributed by atoms with Crippen molar-refractivity contribution in [1.82, 2.24) is 4.90 Å². The van der Waals surface area contributed by atoms with E-state index >= 15 is 0 Å². The van der Waals surface area contributed by atoms with Crippen molar-refractivity contribution in [2.24, 2.45) is 0 Å². The third-order valence-corrected chi connectivity index (χ3v) is 3.59. The number of nitrogens with zero attached hydrogens (tertiary/aromatic N) is 2. The molecule has 0 fully saturated rings. The number of aromatic nitrogens is 1. The van der Waals surface area contributed by atoms with Gasteiger partial charge in [-0.25, -0.2) is 0 Å². The molecular formula is C14H17ClN2S. The summed E-state index contributed by atoms with van der Waals surface area (Å²) in [5, 5.41) is 1.25. The highest BCUT2D eigenvalue weighted by Crippen LogP contribution is 2.21. The second-order valence-electron chi connectivity index (χ2n) is 4.09. The lowest BCUT2D eigenvalue weighted by Crippen LogP contribution is -3.00. The molecule has 2 aromatic rings. The summed E-state index contributed by atoms with van der Waals surface area (Å²) in [6.45, 7) is 4.67. The summed E-state index contributed by atoms with van der Waals surface area (Å²) in [5.41, 5.74) is 1.27. The molecule has 0 aliphatic rings. The largest absolute Gasteiger partial charge is 1.00 e. The molecule has 2 nitrogen and oxygen atoms in total. The first-order chi connectivity index (χ1) is 8.22. The zero-order chi connectivity index (χ0) is 12.3. The number of fused-ring (bicyclic) bond motifs is 1. The Morgan fingerprint density at radius 1 is 1.33 bits per heavy atom. The van der Waals surface area contributed by atoms with E-state index < -0.39 is 0 Å². The predicted octanol–water partition coefficient (Wildman–Crippen LogP) is -0.0889. The second-order valence-corrected chi connectivity index (χ2v) is 5.15. The highest BCUT2D eigenvalue weighted by atomic mass is 35.5. The SMILES string of the molecule is C=CC[n+]1c(/C=C/N(C)C)sc2ccccc21.[Cl-]. The van der Waals surface area contributed by atoms with Crippen LogP contribution in [0.4, 0.5) is 0 Å². The van der Waals surface area contributed by atoms with Crippen LogP contribution >= 0.6 is 11.3 Å². The van der Waals surface area contributed by atoms with E-state index in [1.54, 1.807) is 0 Å². The quantitative estimate of drug-likeness (QED) is 0.561. The number of hydrogen-bond acceptors (Lipinski definition) is 2. The van der Waals surface area contributed by atoms with Crippen LogP contribution in [0.2, 0.25) is 0 Å². The second kappa shape index (κ2) is 6.57. The van der Waals surface area contributed by atoms with Gasteiger partial charge in [-0.3, -0.25) is 0 Å². The molecule has 0 saturated heterocycles. The molecule has 2 rings (SSSR count). The molecule has 1 aromatic heterocycles. The number of halogens is 1. The van der Waals surface area contributed by atoms with Crippen LogP contribution in [-0.2, 0) is 6.54 Å². The van der Waals surface area contributed by atoms with Crippen LogP contribution in [0.15, 0.2) is 43.1 Å². The smallest absolute Gasteiger partial charge is 0.264 e. The van der Waals surface area contributed by atoms with Crippen molar-refractivity contribution in [1.29, 1.82) is 0 Å². The van der Waals surface area contributed by atoms with Gasteiger partial charge >= 0.3 is 0 Å². The highest BCUT2D eigenvalue weighted by molar-refractivity contribution is 7.18. The number of rotatable bonds is 4. The fourth-order valence-electron chi connectivity index (χ4n) is 1.71. The van der Waals surface area contributed by atoms with Gasteiger partial charge in [0.15, 0.2) is 6.54 Å². The maximum Gasteiger partial charge on any atom is 0.264 e. The third kappa shape index (κ3) is 3.12. The summed E-state index contributed by atoms with van der Waals surface area (Å²) in [6, 6.07) is 8.47. The van der Waals surface area contributed by atoms with Gasteiger partial charge in [0, 0.05) is 32.4 Å². The summed E-state index contributed by atoms with van der Waals surface area (Å²) in [7, 11) is 4.06. The molecule has 0 radical (unpaired) electrons. The fraction of sp³-hybridized carbons (Fsp3) is 0.214. The topological polar surface area (TPSA) is 7.12 Å². The minimum atomic E-state index is 0. The fourth-order valence-corrected chi connectivity index (χ4v) is 2.77. The van der Waals surface area contributed by atoms with E-state index in [2.05, 4.69) is 47.7 Å². The molecule has 1 aromatic carbocycles. The van der Waals surface area contributed by atoms with Crippen LogP contribution in [0.5, 0.6) is 0 Å². The first-order valence-electron chi connectivity index (χ1n) is 5.59. The zero-order valence-electron chi connectivity index (χ0n) is 10.6. The van der Waals surface area contributed by atoms with Gasteiger partial charge in [-0.2, -0.15) is 4.57 Å². The van der Waals surface area contributed by atoms with Crippen molar-refractivity contribution in [3.05, 3.63) is 48.1 Å². The average molecular weight is 281 g/mol. The standard InChI is InChI=1S/C14H17N2S.ClH/c1-4-10-16-12-7-5-6-8-13(12)17-14(16)9-11-15(2)3;/h4-9,11H,1,10H2,2-3H3;1H/q+1;/p-1. The molecule has 0 aliphatic carbocycles. The zero-order valence-corrected chi connectivity index (χ0v) is 12.2. The van der Waals surface area contributed by atoms with Crippen molar-refractivity contribution >= 4 is 27.6 Å². The Kier molecular flexibility index (Phi) is 5.38. The minimum Gasteiger partial charge on any atom is -1.00 e. The molecule has 1 heterocycles. The van der Waals surface area contributed by atoms with Crippen LogP contribution in [0, 0.1) is 0 Å². The average Bonchev–Trinajstić information content (AvgIpc) is 2.66. The summed E-state index contributed by atoms with van der Waals surface area (Å²) in [4.78, 5) is 2.04. The van der Waals surface area contributed by atoms with Gasteiger partial charge in [0.1, 0.15) is 4.70 Å². The first kappa shape index (κ1) is 14.7. The van der Waals surface area contributed by atoms with E-state index in [4.69, 9.17) is 0 Å². The number of benzene rings is 1. The lowest BCUT2D eigenvalue weighted by molar-refractivity contribution is -0.658. The summed E-state index contributed by atoms with van der Waals surface area (Å²) < 4.78 is 3.60. The van der Waals surface area contributed by atoms with Crippen LogP contribution in [-0.4, -0.2) is 19.0 Å². The molecule has 0 aliphatic heterocycles. The maximum atomic E-state index is 3.83. The Bertz CT molecular complexity index is 558. The monoisotopic (exact) mass is 280 g/mol. The highest BCUT2D eigenvalue weighted by Gasteiger charge is 2.16. The van der Waals surface area contributed by atoms with Gasteiger partial charge in [0.05, 0.1) is 0 Å². The van der Waals surface area contributed by atoms with Crippen molar-refractivity contribution in [2.75, 3.05) is 14.1 Å². The Hall–Kier alpha value is -1.32. The molecule has 18 heavy (non-hydrogen) atoms. The lowest BCUT2D eigenvalue weighted by Gasteiger charge is -2.01. The predicted molar refractivity (Wildman–Crippen MR) is 74.9 cm³/mol. The maximum absolute atomic E-state index is 3.83. The molecule has 0 saturated carbocycles. The Balaban J connectivity index is 0.00000162. The van der Waals surface area contributed by atoms with E-state index in [1.807, 2.05) is 36.4 Å². The summed E-state index contributed by atoms with van der Waals surface area (Å²) in [6.07, 6.45) is 6.16. The van der Waals surface area contributed by atoms with Crippen molar-refractivity contribution in [2.45, 2.75) is 6.54 Å². The number of allylic oxidation sites excluding steroid dienone is 1. The summed E-state index contributed by atoms with van der Waals surface area (Å²) in [5.74, 6) is 0. The lowest BCUT2D eigenvalue weighted by atomic mass is 10.3. The van der Waals surface area contributed by atoms with Gasteiger partial charge < -0.3 is 17.3 Å². The Morgan fingerprint density at radius 3 is 2.72 bits per heavy atom. The molecule has 0 atom stereocenters. The van der Waals surface area contributed by atoms with Gasteiger partial charge in [0.2, 0.25) is 5.52 Å². The van der Waals surface area contributed by atoms with Gasteiger partial charge in [-0.05, 0) is 12.1 Å². The molecule has 0 N–H and O–H groups in total. The normalized spacial score (nSPS) is 10.6. The third-order valence-electron chi connectivity index (χ3n) is 2.46. The van der Waals surface area contributed by atoms with E-state index in [-0.39, 0.29) is 12.4 Å². The molecule has 0 unspecified atom stereocenters. The van der Waals surface area contributed by atoms with Crippen molar-refractivity contribution in [3.8, 4) is 0 Å². The molecule has 0 amide bonds. The van der Waals surface area contributed by atoms with E-state index in [9.17, 15) is 0 Å². The minimum absolute atomic E-state index is 0. The van der Waals surface area contributed by atoms with Crippen LogP contribution < -0.4 is 17.0 Å². The number of para-hydroxylation sites is 1. The van der Waals surface area contributed by atoms with Gasteiger partial charge in [-0.15, -0.1) is 0 Å². The van der Waals surface area contributed by atoms with Gasteiger partial charge in [0.25, 0.3) is 5.01 Å². The molecule has 96 valence electrons. The molecule has 0 bridgehead atoms. The van der Waals surface area contributed by atoms with Crippen LogP contribution in [0.25, 0.3) is 16.3 Å². The number of thiazole rings is 1. The van der Waals surface area contributed by atoms with Gasteiger partial charge in [-0.1, -0.05) is 30.0 Å². The summed E-state index contributed by atoms with van der Waals surface area (Å²) >= 11 is 1.81. The van der Waals surface area contributed by atoms with E-state index in [0.29, 0.717) is 0 Å². The van der Waals surface area contributed by atoms with Crippen molar-refractivity contribution in [3.63, 3.8) is 0 Å².